The molecule has 21 heavy (non-hydrogen) atoms. The van der Waals surface area contributed by atoms with Crippen molar-refractivity contribution < 1.29 is 14.3 Å². The standard InChI is InChI=1S/C17H23NO3/c1-2-14-17(21-12-20-14)15(18-10-6-7-11-18)16(19)13-8-4-3-5-9-13/h3-5,8-9,14-15,17H,2,6-7,10-12H2,1H3. The summed E-state index contributed by atoms with van der Waals surface area (Å²) in [5, 5.41) is 0. The molecule has 0 aliphatic carbocycles. The van der Waals surface area contributed by atoms with E-state index in [-0.39, 0.29) is 24.0 Å². The van der Waals surface area contributed by atoms with E-state index in [1.54, 1.807) is 0 Å². The van der Waals surface area contributed by atoms with E-state index in [2.05, 4.69) is 11.8 Å². The van der Waals surface area contributed by atoms with E-state index in [1.807, 2.05) is 30.3 Å². The molecule has 114 valence electrons. The van der Waals surface area contributed by atoms with E-state index in [0.29, 0.717) is 6.79 Å². The van der Waals surface area contributed by atoms with Crippen molar-refractivity contribution in [3.05, 3.63) is 35.9 Å². The molecule has 0 aromatic heterocycles. The Morgan fingerprint density at radius 1 is 1.24 bits per heavy atom. The molecule has 0 bridgehead atoms. The number of Topliss-reactive ketones (excluding diaryl/α,β-unsaturated/α-hetero) is 1. The molecule has 3 atom stereocenters. The van der Waals surface area contributed by atoms with E-state index in [1.165, 1.54) is 0 Å². The molecule has 1 aromatic carbocycles. The van der Waals surface area contributed by atoms with Gasteiger partial charge in [0.1, 0.15) is 18.9 Å². The second kappa shape index (κ2) is 6.69. The minimum atomic E-state index is -0.220. The van der Waals surface area contributed by atoms with Crippen molar-refractivity contribution in [3.8, 4) is 0 Å². The third-order valence-electron chi connectivity index (χ3n) is 4.48. The van der Waals surface area contributed by atoms with Crippen LogP contribution in [0.2, 0.25) is 0 Å². The highest BCUT2D eigenvalue weighted by atomic mass is 16.7. The van der Waals surface area contributed by atoms with Crippen molar-refractivity contribution in [1.29, 1.82) is 0 Å². The van der Waals surface area contributed by atoms with Crippen LogP contribution in [0.4, 0.5) is 0 Å². The lowest BCUT2D eigenvalue weighted by Crippen LogP contribution is -2.51. The summed E-state index contributed by atoms with van der Waals surface area (Å²) in [5.74, 6) is 0.159. The molecule has 0 amide bonds. The zero-order chi connectivity index (χ0) is 14.7. The number of ether oxygens (including phenoxy) is 2. The van der Waals surface area contributed by atoms with Crippen LogP contribution in [0.1, 0.15) is 36.5 Å². The molecule has 2 aliphatic heterocycles. The number of carbonyl (C=O) groups is 1. The average Bonchev–Trinajstić information content (AvgIpc) is 3.20. The Kier molecular flexibility index (Phi) is 4.68. The van der Waals surface area contributed by atoms with Gasteiger partial charge in [-0.05, 0) is 32.4 Å². The fraction of sp³-hybridized carbons (Fsp3) is 0.588. The van der Waals surface area contributed by atoms with Gasteiger partial charge in [-0.15, -0.1) is 0 Å². The maximum absolute atomic E-state index is 13.0. The van der Waals surface area contributed by atoms with E-state index >= 15 is 0 Å². The maximum atomic E-state index is 13.0. The zero-order valence-corrected chi connectivity index (χ0v) is 12.5. The Morgan fingerprint density at radius 2 is 1.95 bits per heavy atom. The van der Waals surface area contributed by atoms with Crippen LogP contribution in [0.5, 0.6) is 0 Å². The van der Waals surface area contributed by atoms with Crippen LogP contribution in [0.3, 0.4) is 0 Å². The van der Waals surface area contributed by atoms with Gasteiger partial charge in [0.05, 0.1) is 6.10 Å². The summed E-state index contributed by atoms with van der Waals surface area (Å²) in [7, 11) is 0. The normalized spacial score (nSPS) is 27.9. The summed E-state index contributed by atoms with van der Waals surface area (Å²) in [4.78, 5) is 15.3. The highest BCUT2D eigenvalue weighted by Gasteiger charge is 2.42. The van der Waals surface area contributed by atoms with E-state index in [0.717, 1.165) is 37.9 Å². The van der Waals surface area contributed by atoms with Crippen molar-refractivity contribution in [2.24, 2.45) is 0 Å². The molecular formula is C17H23NO3. The Balaban J connectivity index is 1.87. The second-order valence-corrected chi connectivity index (χ2v) is 5.78. The molecule has 4 heteroatoms. The molecule has 2 fully saturated rings. The summed E-state index contributed by atoms with van der Waals surface area (Å²) in [5.41, 5.74) is 0.764. The molecule has 0 saturated carbocycles. The lowest BCUT2D eigenvalue weighted by Gasteiger charge is -2.32. The zero-order valence-electron chi connectivity index (χ0n) is 12.5. The van der Waals surface area contributed by atoms with Crippen molar-refractivity contribution in [2.45, 2.75) is 44.4 Å². The summed E-state index contributed by atoms with van der Waals surface area (Å²) in [6.07, 6.45) is 3.05. The third kappa shape index (κ3) is 3.03. The molecule has 0 N–H and O–H groups in total. The molecule has 4 nitrogen and oxygen atoms in total. The van der Waals surface area contributed by atoms with Crippen molar-refractivity contribution >= 4 is 5.78 Å². The van der Waals surface area contributed by atoms with Crippen LogP contribution < -0.4 is 0 Å². The van der Waals surface area contributed by atoms with Crippen LogP contribution in [0, 0.1) is 0 Å². The van der Waals surface area contributed by atoms with Gasteiger partial charge in [-0.25, -0.2) is 0 Å². The van der Waals surface area contributed by atoms with Crippen LogP contribution >= 0.6 is 0 Å². The second-order valence-electron chi connectivity index (χ2n) is 5.78. The first-order chi connectivity index (χ1) is 10.3. The van der Waals surface area contributed by atoms with Gasteiger partial charge in [0.2, 0.25) is 0 Å². The topological polar surface area (TPSA) is 38.8 Å². The predicted octanol–water partition coefficient (Wildman–Crippen LogP) is 2.49. The Hall–Kier alpha value is -1.23. The molecule has 3 unspecified atom stereocenters. The average molecular weight is 289 g/mol. The summed E-state index contributed by atoms with van der Waals surface area (Å²) >= 11 is 0. The smallest absolute Gasteiger partial charge is 0.182 e. The van der Waals surface area contributed by atoms with Gasteiger partial charge in [-0.3, -0.25) is 9.69 Å². The van der Waals surface area contributed by atoms with Crippen molar-refractivity contribution in [2.75, 3.05) is 19.9 Å². The van der Waals surface area contributed by atoms with Gasteiger partial charge < -0.3 is 9.47 Å². The molecule has 3 rings (SSSR count). The summed E-state index contributed by atoms with van der Waals surface area (Å²) in [6, 6.07) is 9.33. The number of hydrogen-bond donors (Lipinski definition) is 0. The molecular weight excluding hydrogens is 266 g/mol. The van der Waals surface area contributed by atoms with Crippen molar-refractivity contribution in [3.63, 3.8) is 0 Å². The van der Waals surface area contributed by atoms with E-state index in [4.69, 9.17) is 9.47 Å². The van der Waals surface area contributed by atoms with Gasteiger partial charge in [-0.1, -0.05) is 37.3 Å². The highest BCUT2D eigenvalue weighted by Crippen LogP contribution is 2.27. The minimum absolute atomic E-state index is 0.0169. The molecule has 2 heterocycles. The number of rotatable bonds is 5. The highest BCUT2D eigenvalue weighted by molar-refractivity contribution is 6.00. The van der Waals surface area contributed by atoms with Crippen LogP contribution in [0.25, 0.3) is 0 Å². The lowest BCUT2D eigenvalue weighted by atomic mass is 9.94. The quantitative estimate of drug-likeness (QED) is 0.781. The molecule has 0 spiro atoms. The first-order valence-corrected chi connectivity index (χ1v) is 7.87. The number of nitrogens with zero attached hydrogens (tertiary/aromatic N) is 1. The Labute approximate surface area is 126 Å². The number of carbonyl (C=O) groups excluding carboxylic acids is 1. The number of hydrogen-bond acceptors (Lipinski definition) is 4. The molecule has 2 saturated heterocycles. The van der Waals surface area contributed by atoms with Gasteiger partial charge in [0.15, 0.2) is 5.78 Å². The van der Waals surface area contributed by atoms with Gasteiger partial charge in [0.25, 0.3) is 0 Å². The Morgan fingerprint density at radius 3 is 2.62 bits per heavy atom. The first-order valence-electron chi connectivity index (χ1n) is 7.87. The summed E-state index contributed by atoms with van der Waals surface area (Å²) < 4.78 is 11.4. The van der Waals surface area contributed by atoms with Gasteiger partial charge >= 0.3 is 0 Å². The fourth-order valence-corrected chi connectivity index (χ4v) is 3.37. The monoisotopic (exact) mass is 289 g/mol. The Bertz CT molecular complexity index is 470. The van der Waals surface area contributed by atoms with Gasteiger partial charge in [-0.2, -0.15) is 0 Å². The van der Waals surface area contributed by atoms with Crippen LogP contribution in [-0.2, 0) is 9.47 Å². The van der Waals surface area contributed by atoms with Gasteiger partial charge in [0, 0.05) is 5.56 Å². The lowest BCUT2D eigenvalue weighted by molar-refractivity contribution is 0.0155. The number of likely N-dealkylation sites (tertiary alicyclic amines) is 1. The number of ketones is 1. The maximum Gasteiger partial charge on any atom is 0.182 e. The molecule has 1 aromatic rings. The summed E-state index contributed by atoms with van der Waals surface area (Å²) in [6.45, 7) is 4.33. The van der Waals surface area contributed by atoms with E-state index in [9.17, 15) is 4.79 Å². The molecule has 0 radical (unpaired) electrons. The third-order valence-corrected chi connectivity index (χ3v) is 4.48. The SMILES string of the molecule is CCC1OCOC1C(C(=O)c1ccccc1)N1CCCC1. The van der Waals surface area contributed by atoms with Crippen molar-refractivity contribution in [1.82, 2.24) is 4.90 Å². The number of benzene rings is 1. The largest absolute Gasteiger partial charge is 0.349 e. The fourth-order valence-electron chi connectivity index (χ4n) is 3.37. The van der Waals surface area contributed by atoms with Crippen LogP contribution in [0.15, 0.2) is 30.3 Å². The van der Waals surface area contributed by atoms with Crippen LogP contribution in [-0.4, -0.2) is 48.8 Å². The first kappa shape index (κ1) is 14.7. The minimum Gasteiger partial charge on any atom is -0.349 e. The predicted molar refractivity (Wildman–Crippen MR) is 80.3 cm³/mol. The molecule has 2 aliphatic rings. The van der Waals surface area contributed by atoms with E-state index < -0.39 is 0 Å².